The van der Waals surface area contributed by atoms with Gasteiger partial charge in [0.2, 0.25) is 15.8 Å². The minimum Gasteiger partial charge on any atom is -0.457 e. The molecule has 4 rings (SSSR count). The predicted octanol–water partition coefficient (Wildman–Crippen LogP) is 7.15. The van der Waals surface area contributed by atoms with Crippen LogP contribution in [0.1, 0.15) is 23.6 Å². The van der Waals surface area contributed by atoms with Gasteiger partial charge in [0.15, 0.2) is 0 Å². The number of sulfonamides is 1. The van der Waals surface area contributed by atoms with E-state index in [1.165, 1.54) is 31.2 Å². The zero-order valence-electron chi connectivity index (χ0n) is 22.9. The number of rotatable bonds is 11. The minimum atomic E-state index is -3.54. The van der Waals surface area contributed by atoms with E-state index in [-0.39, 0.29) is 22.9 Å². The highest BCUT2D eigenvalue weighted by atomic mass is 35.5. The van der Waals surface area contributed by atoms with Gasteiger partial charge in [0.05, 0.1) is 17.0 Å². The average Bonchev–Trinajstić information content (AvgIpc) is 2.91. The number of nitrogens with one attached hydrogen (secondary N) is 1. The van der Waals surface area contributed by atoms with Crippen LogP contribution in [0.4, 0.5) is 20.2 Å². The topological polar surface area (TPSA) is 94.2 Å². The smallest absolute Gasteiger partial charge is 0.352 e. The Hall–Kier alpha value is -4.35. The Morgan fingerprint density at radius 3 is 2.33 bits per heavy atom. The largest absolute Gasteiger partial charge is 0.457 e. The number of halogens is 3. The van der Waals surface area contributed by atoms with Gasteiger partial charge >= 0.3 is 5.97 Å². The van der Waals surface area contributed by atoms with Crippen molar-refractivity contribution in [2.45, 2.75) is 26.9 Å². The van der Waals surface area contributed by atoms with Crippen LogP contribution in [0.15, 0.2) is 78.9 Å². The highest BCUT2D eigenvalue weighted by Crippen LogP contribution is 2.33. The van der Waals surface area contributed by atoms with Gasteiger partial charge < -0.3 is 9.64 Å². The second-order valence-corrected chi connectivity index (χ2v) is 11.6. The lowest BCUT2D eigenvalue weighted by molar-refractivity contribution is -0.210. The van der Waals surface area contributed by atoms with Crippen LogP contribution in [-0.4, -0.2) is 20.6 Å². The van der Waals surface area contributed by atoms with E-state index in [4.69, 9.17) is 21.2 Å². The molecule has 0 saturated heterocycles. The van der Waals surface area contributed by atoms with Crippen LogP contribution in [0.2, 0.25) is 5.02 Å². The van der Waals surface area contributed by atoms with Crippen LogP contribution >= 0.6 is 11.6 Å². The lowest BCUT2D eigenvalue weighted by Gasteiger charge is -2.28. The first kappa shape index (κ1) is 30.6. The second kappa shape index (κ2) is 13.1. The molecule has 0 saturated carbocycles. The van der Waals surface area contributed by atoms with Gasteiger partial charge in [-0.3, -0.25) is 14.5 Å². The third-order valence-electron chi connectivity index (χ3n) is 6.00. The quantitative estimate of drug-likeness (QED) is 0.141. The van der Waals surface area contributed by atoms with Crippen LogP contribution in [0.25, 0.3) is 0 Å². The summed E-state index contributed by atoms with van der Waals surface area (Å²) in [5.41, 5.74) is 2.80. The molecule has 0 amide bonds. The summed E-state index contributed by atoms with van der Waals surface area (Å²) in [7, 11) is -3.54. The van der Waals surface area contributed by atoms with Crippen LogP contribution in [0.5, 0.6) is 17.2 Å². The summed E-state index contributed by atoms with van der Waals surface area (Å²) in [5, 5.41) is 0.225. The fraction of sp³-hybridized carbons (Fsp3) is 0.167. The van der Waals surface area contributed by atoms with Crippen molar-refractivity contribution >= 4 is 39.0 Å². The van der Waals surface area contributed by atoms with E-state index in [2.05, 4.69) is 9.61 Å². The number of benzene rings is 4. The normalized spacial score (nSPS) is 11.1. The number of carbonyl (C=O) groups excluding carboxylic acids is 1. The summed E-state index contributed by atoms with van der Waals surface area (Å²) >= 11 is 6.08. The van der Waals surface area contributed by atoms with Gasteiger partial charge in [0.25, 0.3) is 0 Å². The summed E-state index contributed by atoms with van der Waals surface area (Å²) in [4.78, 5) is 22.4. The fourth-order valence-corrected chi connectivity index (χ4v) is 4.86. The van der Waals surface area contributed by atoms with Crippen molar-refractivity contribution in [3.63, 3.8) is 0 Å². The molecular weight excluding hydrogens is 590 g/mol. The summed E-state index contributed by atoms with van der Waals surface area (Å²) in [6, 6.07) is 20.3. The van der Waals surface area contributed by atoms with Crippen molar-refractivity contribution in [3.05, 3.63) is 112 Å². The van der Waals surface area contributed by atoms with Crippen molar-refractivity contribution < 1.29 is 36.5 Å². The Bertz CT molecular complexity index is 1700. The maximum Gasteiger partial charge on any atom is 0.352 e. The molecule has 4 aromatic rings. The Kier molecular flexibility index (Phi) is 9.54. The number of hydrogen-bond acceptors (Lipinski definition) is 7. The monoisotopic (exact) mass is 616 g/mol. The molecule has 0 aliphatic heterocycles. The Balaban J connectivity index is 1.59. The van der Waals surface area contributed by atoms with Crippen molar-refractivity contribution in [1.29, 1.82) is 0 Å². The highest BCUT2D eigenvalue weighted by Gasteiger charge is 2.17. The molecule has 42 heavy (non-hydrogen) atoms. The van der Waals surface area contributed by atoms with E-state index in [0.29, 0.717) is 35.0 Å². The first-order valence-corrected chi connectivity index (χ1v) is 14.8. The third-order valence-corrected chi connectivity index (χ3v) is 6.90. The molecule has 220 valence electrons. The number of nitrogens with zero attached hydrogens (tertiary/aromatic N) is 1. The molecular formula is C30H27ClF2N2O6S. The van der Waals surface area contributed by atoms with Gasteiger partial charge in [0.1, 0.15) is 23.1 Å². The number of ether oxygens (including phenoxy) is 1. The number of hydrogen-bond donors (Lipinski definition) is 1. The predicted molar refractivity (Wildman–Crippen MR) is 156 cm³/mol. The van der Waals surface area contributed by atoms with Crippen molar-refractivity contribution in [2.75, 3.05) is 15.9 Å². The maximum absolute atomic E-state index is 14.7. The molecule has 0 spiro atoms. The van der Waals surface area contributed by atoms with Gasteiger partial charge in [-0.1, -0.05) is 35.9 Å². The molecule has 0 bridgehead atoms. The summed E-state index contributed by atoms with van der Waals surface area (Å²) in [6.45, 7) is 3.35. The average molecular weight is 617 g/mol. The molecule has 0 radical (unpaired) electrons. The van der Waals surface area contributed by atoms with Gasteiger partial charge in [0, 0.05) is 43.4 Å². The highest BCUT2D eigenvalue weighted by molar-refractivity contribution is 7.92. The van der Waals surface area contributed by atoms with Crippen molar-refractivity contribution in [1.82, 2.24) is 0 Å². The molecule has 8 nitrogen and oxygen atoms in total. The molecule has 0 atom stereocenters. The standard InChI is InChI=1S/C30H27ClF2N2O6S/c1-19-28(34-42(3,37)38)5-4-6-29(19)35(18-22-9-10-23(32)15-27(22)33)17-21-7-11-24(12-8-21)39-25-13-14-26(31)30(16-25)41-40-20(2)36/h4-16,34H,17-18H2,1-3H3. The first-order valence-electron chi connectivity index (χ1n) is 12.6. The third kappa shape index (κ3) is 8.34. The van der Waals surface area contributed by atoms with E-state index in [1.54, 1.807) is 43.3 Å². The van der Waals surface area contributed by atoms with E-state index >= 15 is 0 Å². The SMILES string of the molecule is CC(=O)OOc1cc(Oc2ccc(CN(Cc3ccc(F)cc3F)c3cccc(NS(C)(=O)=O)c3C)cc2)ccc1Cl. The van der Waals surface area contributed by atoms with E-state index < -0.39 is 27.6 Å². The molecule has 0 aliphatic rings. The summed E-state index contributed by atoms with van der Waals surface area (Å²) in [5.74, 6) is -1.03. The molecule has 4 aromatic carbocycles. The maximum atomic E-state index is 14.7. The zero-order chi connectivity index (χ0) is 30.4. The zero-order valence-corrected chi connectivity index (χ0v) is 24.4. The summed E-state index contributed by atoms with van der Waals surface area (Å²) < 4.78 is 60.4. The molecule has 0 unspecified atom stereocenters. The van der Waals surface area contributed by atoms with Crippen LogP contribution in [-0.2, 0) is 32.8 Å². The van der Waals surface area contributed by atoms with Crippen LogP contribution in [0.3, 0.4) is 0 Å². The number of carbonyl (C=O) groups is 1. The van der Waals surface area contributed by atoms with Crippen LogP contribution < -0.4 is 19.2 Å². The Morgan fingerprint density at radius 2 is 1.67 bits per heavy atom. The molecule has 12 heteroatoms. The molecule has 0 aromatic heterocycles. The number of anilines is 2. The lowest BCUT2D eigenvalue weighted by Crippen LogP contribution is -2.24. The lowest BCUT2D eigenvalue weighted by atomic mass is 10.1. The first-order chi connectivity index (χ1) is 19.9. The van der Waals surface area contributed by atoms with Crippen LogP contribution in [0, 0.1) is 18.6 Å². The van der Waals surface area contributed by atoms with E-state index in [0.717, 1.165) is 17.9 Å². The minimum absolute atomic E-state index is 0.0867. The fourth-order valence-electron chi connectivity index (χ4n) is 4.09. The Morgan fingerprint density at radius 1 is 0.952 bits per heavy atom. The summed E-state index contributed by atoms with van der Waals surface area (Å²) in [6.07, 6.45) is 1.06. The Labute approximate surface area is 247 Å². The molecule has 0 heterocycles. The second-order valence-electron chi connectivity index (χ2n) is 9.41. The molecule has 0 aliphatic carbocycles. The molecule has 0 fully saturated rings. The van der Waals surface area contributed by atoms with Crippen molar-refractivity contribution in [2.24, 2.45) is 0 Å². The van der Waals surface area contributed by atoms with Gasteiger partial charge in [-0.05, 0) is 60.5 Å². The van der Waals surface area contributed by atoms with Gasteiger partial charge in [-0.25, -0.2) is 22.0 Å². The van der Waals surface area contributed by atoms with Crippen molar-refractivity contribution in [3.8, 4) is 17.2 Å². The van der Waals surface area contributed by atoms with E-state index in [9.17, 15) is 22.0 Å². The van der Waals surface area contributed by atoms with Gasteiger partial charge in [-0.15, -0.1) is 0 Å². The molecule has 1 N–H and O–H groups in total. The van der Waals surface area contributed by atoms with Gasteiger partial charge in [-0.2, -0.15) is 0 Å². The van der Waals surface area contributed by atoms with E-state index in [1.807, 2.05) is 17.0 Å².